The molecular formula is C13H23NO5. The minimum atomic E-state index is -0.487. The van der Waals surface area contributed by atoms with E-state index in [0.29, 0.717) is 25.9 Å². The van der Waals surface area contributed by atoms with Crippen LogP contribution in [0.1, 0.15) is 33.6 Å². The van der Waals surface area contributed by atoms with Crippen LogP contribution in [-0.2, 0) is 19.0 Å². The lowest BCUT2D eigenvalue weighted by Crippen LogP contribution is -2.44. The molecule has 1 amide bonds. The molecule has 0 aromatic heterocycles. The summed E-state index contributed by atoms with van der Waals surface area (Å²) in [6.07, 6.45) is 0.819. The second kappa shape index (κ2) is 6.75. The van der Waals surface area contributed by atoms with E-state index >= 15 is 0 Å². The lowest BCUT2D eigenvalue weighted by atomic mass is 10.1. The Hall–Kier alpha value is -1.30. The predicted molar refractivity (Wildman–Crippen MR) is 68.8 cm³/mol. The predicted octanol–water partition coefficient (Wildman–Crippen LogP) is 1.58. The van der Waals surface area contributed by atoms with E-state index in [-0.39, 0.29) is 24.8 Å². The molecule has 0 aliphatic carbocycles. The molecule has 1 heterocycles. The Morgan fingerprint density at radius 2 is 1.79 bits per heavy atom. The molecule has 110 valence electrons. The molecule has 0 bridgehead atoms. The summed E-state index contributed by atoms with van der Waals surface area (Å²) in [6, 6.07) is 0. The number of piperidine rings is 1. The van der Waals surface area contributed by atoms with Gasteiger partial charge in [0.2, 0.25) is 0 Å². The first kappa shape index (κ1) is 15.8. The number of ether oxygens (including phenoxy) is 3. The zero-order chi connectivity index (χ0) is 14.5. The van der Waals surface area contributed by atoms with Gasteiger partial charge >= 0.3 is 12.1 Å². The van der Waals surface area contributed by atoms with E-state index in [9.17, 15) is 9.59 Å². The van der Waals surface area contributed by atoms with Crippen molar-refractivity contribution in [1.82, 2.24) is 4.90 Å². The third kappa shape index (κ3) is 5.92. The molecule has 6 heteroatoms. The summed E-state index contributed by atoms with van der Waals surface area (Å²) >= 11 is 0. The van der Waals surface area contributed by atoms with E-state index in [0.717, 1.165) is 0 Å². The van der Waals surface area contributed by atoms with Crippen molar-refractivity contribution in [3.8, 4) is 0 Å². The van der Waals surface area contributed by atoms with E-state index in [1.165, 1.54) is 7.11 Å². The average Bonchev–Trinajstić information content (AvgIpc) is 2.27. The molecule has 1 rings (SSSR count). The molecule has 6 nitrogen and oxygen atoms in total. The van der Waals surface area contributed by atoms with Gasteiger partial charge in [-0.2, -0.15) is 0 Å². The first-order chi connectivity index (χ1) is 8.81. The fourth-order valence-electron chi connectivity index (χ4n) is 1.82. The van der Waals surface area contributed by atoms with Crippen LogP contribution in [0.15, 0.2) is 0 Å². The molecular weight excluding hydrogens is 250 g/mol. The number of rotatable bonds is 3. The van der Waals surface area contributed by atoms with Crippen molar-refractivity contribution in [2.75, 3.05) is 26.8 Å². The summed E-state index contributed by atoms with van der Waals surface area (Å²) < 4.78 is 15.2. The van der Waals surface area contributed by atoms with E-state index in [1.54, 1.807) is 4.90 Å². The fourth-order valence-corrected chi connectivity index (χ4v) is 1.82. The van der Waals surface area contributed by atoms with Crippen LogP contribution < -0.4 is 0 Å². The highest BCUT2D eigenvalue weighted by Gasteiger charge is 2.28. The third-order valence-electron chi connectivity index (χ3n) is 2.65. The number of esters is 1. The summed E-state index contributed by atoms with van der Waals surface area (Å²) in [5, 5.41) is 0. The molecule has 0 spiro atoms. The minimum absolute atomic E-state index is 0.0354. The quantitative estimate of drug-likeness (QED) is 0.730. The Morgan fingerprint density at radius 1 is 1.21 bits per heavy atom. The molecule has 1 fully saturated rings. The molecule has 0 atom stereocenters. The Bertz CT molecular complexity index is 315. The van der Waals surface area contributed by atoms with Gasteiger partial charge in [0.1, 0.15) is 18.3 Å². The molecule has 0 saturated carbocycles. The largest absolute Gasteiger partial charge is 0.461 e. The highest BCUT2D eigenvalue weighted by molar-refractivity contribution is 5.71. The smallest absolute Gasteiger partial charge is 0.410 e. The van der Waals surface area contributed by atoms with E-state index in [2.05, 4.69) is 0 Å². The van der Waals surface area contributed by atoms with Crippen molar-refractivity contribution < 1.29 is 23.8 Å². The third-order valence-corrected chi connectivity index (χ3v) is 2.65. The van der Waals surface area contributed by atoms with Crippen molar-refractivity contribution in [3.63, 3.8) is 0 Å². The van der Waals surface area contributed by atoms with Crippen LogP contribution in [0.4, 0.5) is 4.79 Å². The Kier molecular flexibility index (Phi) is 5.60. The highest BCUT2D eigenvalue weighted by Crippen LogP contribution is 2.17. The second-order valence-corrected chi connectivity index (χ2v) is 5.59. The molecule has 0 aromatic carbocycles. The Labute approximate surface area is 114 Å². The van der Waals surface area contributed by atoms with Gasteiger partial charge in [-0.3, -0.25) is 0 Å². The van der Waals surface area contributed by atoms with Crippen molar-refractivity contribution in [3.05, 3.63) is 0 Å². The monoisotopic (exact) mass is 273 g/mol. The first-order valence-corrected chi connectivity index (χ1v) is 6.48. The Morgan fingerprint density at radius 3 is 2.26 bits per heavy atom. The number of hydrogen-bond donors (Lipinski definition) is 0. The topological polar surface area (TPSA) is 65.1 Å². The van der Waals surface area contributed by atoms with Crippen LogP contribution in [0.3, 0.4) is 0 Å². The average molecular weight is 273 g/mol. The second-order valence-electron chi connectivity index (χ2n) is 5.59. The lowest BCUT2D eigenvalue weighted by Gasteiger charge is -2.33. The minimum Gasteiger partial charge on any atom is -0.461 e. The van der Waals surface area contributed by atoms with Crippen LogP contribution in [0.5, 0.6) is 0 Å². The van der Waals surface area contributed by atoms with Crippen LogP contribution in [-0.4, -0.2) is 55.5 Å². The van der Waals surface area contributed by atoms with Gasteiger partial charge in [0.05, 0.1) is 0 Å². The number of methoxy groups -OCH3 is 1. The van der Waals surface area contributed by atoms with Crippen molar-refractivity contribution in [2.45, 2.75) is 45.3 Å². The maximum Gasteiger partial charge on any atom is 0.410 e. The summed E-state index contributed by atoms with van der Waals surface area (Å²) in [5.74, 6) is -0.363. The van der Waals surface area contributed by atoms with Gasteiger partial charge in [0.15, 0.2) is 0 Å². The summed E-state index contributed by atoms with van der Waals surface area (Å²) in [6.45, 7) is 6.56. The van der Waals surface area contributed by atoms with Crippen LogP contribution in [0.25, 0.3) is 0 Å². The van der Waals surface area contributed by atoms with Crippen molar-refractivity contribution in [2.24, 2.45) is 0 Å². The maximum absolute atomic E-state index is 11.8. The van der Waals surface area contributed by atoms with Gasteiger partial charge < -0.3 is 19.1 Å². The molecule has 0 radical (unpaired) electrons. The number of hydrogen-bond acceptors (Lipinski definition) is 5. The van der Waals surface area contributed by atoms with Crippen molar-refractivity contribution in [1.29, 1.82) is 0 Å². The standard InChI is InChI=1S/C13H23NO5/c1-13(2,3)19-12(16)14-7-5-10(6-8-14)18-11(15)9-17-4/h10H,5-9H2,1-4H3. The molecule has 0 N–H and O–H groups in total. The molecule has 19 heavy (non-hydrogen) atoms. The molecule has 0 unspecified atom stereocenters. The summed E-state index contributed by atoms with van der Waals surface area (Å²) in [4.78, 5) is 24.7. The number of likely N-dealkylation sites (tertiary alicyclic amines) is 1. The van der Waals surface area contributed by atoms with Gasteiger partial charge in [-0.15, -0.1) is 0 Å². The van der Waals surface area contributed by atoms with Gasteiger partial charge in [-0.1, -0.05) is 0 Å². The summed E-state index contributed by atoms with van der Waals surface area (Å²) in [5.41, 5.74) is -0.487. The summed E-state index contributed by atoms with van der Waals surface area (Å²) in [7, 11) is 1.45. The number of nitrogens with zero attached hydrogens (tertiary/aromatic N) is 1. The highest BCUT2D eigenvalue weighted by atomic mass is 16.6. The van der Waals surface area contributed by atoms with Gasteiger partial charge in [0, 0.05) is 33.0 Å². The van der Waals surface area contributed by atoms with Crippen LogP contribution in [0.2, 0.25) is 0 Å². The first-order valence-electron chi connectivity index (χ1n) is 6.48. The molecule has 0 aromatic rings. The van der Waals surface area contributed by atoms with E-state index in [4.69, 9.17) is 14.2 Å². The Balaban J connectivity index is 2.32. The fraction of sp³-hybridized carbons (Fsp3) is 0.846. The van der Waals surface area contributed by atoms with E-state index < -0.39 is 5.60 Å². The number of carbonyl (C=O) groups excluding carboxylic acids is 2. The van der Waals surface area contributed by atoms with Crippen molar-refractivity contribution >= 4 is 12.1 Å². The zero-order valence-electron chi connectivity index (χ0n) is 12.1. The zero-order valence-corrected chi connectivity index (χ0v) is 12.1. The lowest BCUT2D eigenvalue weighted by molar-refractivity contribution is -0.155. The number of carbonyl (C=O) groups is 2. The van der Waals surface area contributed by atoms with Crippen LogP contribution >= 0.6 is 0 Å². The molecule has 1 saturated heterocycles. The van der Waals surface area contributed by atoms with Gasteiger partial charge in [0.25, 0.3) is 0 Å². The maximum atomic E-state index is 11.8. The molecule has 1 aliphatic rings. The molecule has 1 aliphatic heterocycles. The van der Waals surface area contributed by atoms with Crippen LogP contribution in [0, 0.1) is 0 Å². The SMILES string of the molecule is COCC(=O)OC1CCN(C(=O)OC(C)(C)C)CC1. The van der Waals surface area contributed by atoms with Gasteiger partial charge in [-0.05, 0) is 20.8 Å². The van der Waals surface area contributed by atoms with Gasteiger partial charge in [-0.25, -0.2) is 9.59 Å². The normalized spacial score (nSPS) is 17.2. The van der Waals surface area contributed by atoms with E-state index in [1.807, 2.05) is 20.8 Å². The number of amides is 1.